The van der Waals surface area contributed by atoms with Crippen LogP contribution in [0.3, 0.4) is 0 Å². The van der Waals surface area contributed by atoms with E-state index in [1.54, 1.807) is 11.3 Å². The van der Waals surface area contributed by atoms with Gasteiger partial charge in [-0.3, -0.25) is 4.79 Å². The summed E-state index contributed by atoms with van der Waals surface area (Å²) >= 11 is 1.74. The van der Waals surface area contributed by atoms with Crippen LogP contribution in [0.5, 0.6) is 0 Å². The lowest BCUT2D eigenvalue weighted by molar-refractivity contribution is -0.131. The number of hydrogen-bond acceptors (Lipinski definition) is 4. The van der Waals surface area contributed by atoms with Gasteiger partial charge in [-0.2, -0.15) is 0 Å². The Hall–Kier alpha value is -0.330. The van der Waals surface area contributed by atoms with Crippen LogP contribution in [0.4, 0.5) is 0 Å². The van der Waals surface area contributed by atoms with E-state index < -0.39 is 0 Å². The third kappa shape index (κ3) is 5.39. The number of carbonyl (C=O) groups excluding carboxylic acids is 1. The molecule has 7 heteroatoms. The van der Waals surface area contributed by atoms with Gasteiger partial charge < -0.3 is 15.5 Å². The van der Waals surface area contributed by atoms with Crippen molar-refractivity contribution in [3.63, 3.8) is 0 Å². The zero-order chi connectivity index (χ0) is 14.6. The molecule has 2 heterocycles. The molecule has 1 aliphatic heterocycles. The number of hydrogen-bond donors (Lipinski definition) is 2. The van der Waals surface area contributed by atoms with Gasteiger partial charge in [-0.15, -0.1) is 36.2 Å². The Labute approximate surface area is 149 Å². The highest BCUT2D eigenvalue weighted by Crippen LogP contribution is 2.27. The van der Waals surface area contributed by atoms with Gasteiger partial charge in [0.15, 0.2) is 0 Å². The molecule has 128 valence electrons. The molecule has 1 fully saturated rings. The highest BCUT2D eigenvalue weighted by atomic mass is 35.5. The number of amides is 1. The summed E-state index contributed by atoms with van der Waals surface area (Å²) in [4.78, 5) is 15.9. The fraction of sp³-hybridized carbons (Fsp3) is 0.667. The summed E-state index contributed by atoms with van der Waals surface area (Å²) in [6.07, 6.45) is 2.05. The van der Waals surface area contributed by atoms with Gasteiger partial charge in [0.1, 0.15) is 0 Å². The van der Waals surface area contributed by atoms with E-state index in [1.165, 1.54) is 4.88 Å². The molecule has 2 unspecified atom stereocenters. The van der Waals surface area contributed by atoms with Crippen LogP contribution >= 0.6 is 36.2 Å². The third-order valence-corrected chi connectivity index (χ3v) is 5.07. The molecule has 22 heavy (non-hydrogen) atoms. The van der Waals surface area contributed by atoms with E-state index in [4.69, 9.17) is 0 Å². The zero-order valence-corrected chi connectivity index (χ0v) is 15.9. The largest absolute Gasteiger partial charge is 0.354 e. The number of rotatable bonds is 5. The van der Waals surface area contributed by atoms with Crippen LogP contribution < -0.4 is 10.6 Å². The molecule has 1 saturated heterocycles. The van der Waals surface area contributed by atoms with Crippen molar-refractivity contribution in [1.29, 1.82) is 0 Å². The molecule has 1 aromatic rings. The standard InChI is InChI=1S/C15H25N3OS.2ClH/c1-15(7-5-8-16-11-15)14(19)17-10-12(18(2)3)13-6-4-9-20-13;;/h4,6,9,12,16H,5,7-8,10-11H2,1-3H3,(H,17,19);2*1H. The maximum Gasteiger partial charge on any atom is 0.227 e. The normalized spacial score (nSPS) is 22.4. The number of thiophene rings is 1. The van der Waals surface area contributed by atoms with Crippen molar-refractivity contribution in [1.82, 2.24) is 15.5 Å². The fourth-order valence-corrected chi connectivity index (χ4v) is 3.59. The number of halogens is 2. The maximum absolute atomic E-state index is 12.5. The first-order chi connectivity index (χ1) is 9.53. The lowest BCUT2D eigenvalue weighted by atomic mass is 9.82. The van der Waals surface area contributed by atoms with Crippen LogP contribution in [0.15, 0.2) is 17.5 Å². The molecule has 0 radical (unpaired) electrons. The smallest absolute Gasteiger partial charge is 0.227 e. The molecule has 1 amide bonds. The van der Waals surface area contributed by atoms with E-state index in [2.05, 4.69) is 54.1 Å². The first-order valence-electron chi connectivity index (χ1n) is 7.22. The SMILES string of the molecule is CN(C)C(CNC(=O)C1(C)CCCNC1)c1cccs1.Cl.Cl. The Kier molecular flexibility index (Phi) is 9.58. The Morgan fingerprint density at radius 2 is 2.23 bits per heavy atom. The lowest BCUT2D eigenvalue weighted by Crippen LogP contribution is -2.49. The average molecular weight is 368 g/mol. The number of nitrogens with zero attached hydrogens (tertiary/aromatic N) is 1. The average Bonchev–Trinajstić information content (AvgIpc) is 2.93. The van der Waals surface area contributed by atoms with Gasteiger partial charge in [-0.25, -0.2) is 0 Å². The molecular formula is C15H27Cl2N3OS. The van der Waals surface area contributed by atoms with Crippen LogP contribution in [0.1, 0.15) is 30.7 Å². The molecule has 1 aromatic heterocycles. The Bertz CT molecular complexity index is 434. The van der Waals surface area contributed by atoms with Crippen molar-refractivity contribution >= 4 is 42.1 Å². The second kappa shape index (κ2) is 9.73. The first kappa shape index (κ1) is 21.7. The predicted molar refractivity (Wildman–Crippen MR) is 98.5 cm³/mol. The summed E-state index contributed by atoms with van der Waals surface area (Å²) in [6, 6.07) is 4.44. The Balaban J connectivity index is 0.00000220. The summed E-state index contributed by atoms with van der Waals surface area (Å²) in [5.74, 6) is 0.174. The van der Waals surface area contributed by atoms with E-state index in [0.717, 1.165) is 25.9 Å². The predicted octanol–water partition coefficient (Wildman–Crippen LogP) is 2.70. The van der Waals surface area contributed by atoms with E-state index in [-0.39, 0.29) is 42.2 Å². The monoisotopic (exact) mass is 367 g/mol. The number of piperidine rings is 1. The molecule has 0 aromatic carbocycles. The molecule has 4 nitrogen and oxygen atoms in total. The minimum atomic E-state index is -0.259. The minimum Gasteiger partial charge on any atom is -0.354 e. The van der Waals surface area contributed by atoms with Gasteiger partial charge in [-0.1, -0.05) is 6.07 Å². The topological polar surface area (TPSA) is 44.4 Å². The highest BCUT2D eigenvalue weighted by molar-refractivity contribution is 7.10. The summed E-state index contributed by atoms with van der Waals surface area (Å²) in [5.41, 5.74) is -0.259. The first-order valence-corrected chi connectivity index (χ1v) is 8.10. The Morgan fingerprint density at radius 1 is 1.50 bits per heavy atom. The fourth-order valence-electron chi connectivity index (χ4n) is 2.67. The van der Waals surface area contributed by atoms with E-state index >= 15 is 0 Å². The molecule has 2 rings (SSSR count). The van der Waals surface area contributed by atoms with Gasteiger partial charge >= 0.3 is 0 Å². The van der Waals surface area contributed by atoms with Crippen molar-refractivity contribution in [2.24, 2.45) is 5.41 Å². The van der Waals surface area contributed by atoms with Crippen molar-refractivity contribution in [2.75, 3.05) is 33.7 Å². The van der Waals surface area contributed by atoms with Crippen LogP contribution in [0.25, 0.3) is 0 Å². The van der Waals surface area contributed by atoms with Gasteiger partial charge in [0.25, 0.3) is 0 Å². The second-order valence-electron chi connectivity index (χ2n) is 6.05. The van der Waals surface area contributed by atoms with Crippen molar-refractivity contribution in [2.45, 2.75) is 25.8 Å². The van der Waals surface area contributed by atoms with Gasteiger partial charge in [0.05, 0.1) is 11.5 Å². The maximum atomic E-state index is 12.5. The number of likely N-dealkylation sites (N-methyl/N-ethyl adjacent to an activating group) is 1. The van der Waals surface area contributed by atoms with Gasteiger partial charge in [0.2, 0.25) is 5.91 Å². The van der Waals surface area contributed by atoms with Crippen molar-refractivity contribution in [3.05, 3.63) is 22.4 Å². The third-order valence-electron chi connectivity index (χ3n) is 4.10. The molecule has 0 saturated carbocycles. The van der Waals surface area contributed by atoms with E-state index in [9.17, 15) is 4.79 Å². The van der Waals surface area contributed by atoms with Gasteiger partial charge in [-0.05, 0) is 51.9 Å². The molecule has 0 bridgehead atoms. The summed E-state index contributed by atoms with van der Waals surface area (Å²) in [7, 11) is 4.11. The van der Waals surface area contributed by atoms with Crippen LogP contribution in [-0.4, -0.2) is 44.5 Å². The molecule has 1 aliphatic rings. The zero-order valence-electron chi connectivity index (χ0n) is 13.4. The van der Waals surface area contributed by atoms with Crippen molar-refractivity contribution < 1.29 is 4.79 Å². The van der Waals surface area contributed by atoms with Crippen LogP contribution in [0.2, 0.25) is 0 Å². The quantitative estimate of drug-likeness (QED) is 0.840. The van der Waals surface area contributed by atoms with Crippen LogP contribution in [-0.2, 0) is 4.79 Å². The van der Waals surface area contributed by atoms with Crippen LogP contribution in [0, 0.1) is 5.41 Å². The molecular weight excluding hydrogens is 341 g/mol. The summed E-state index contributed by atoms with van der Waals surface area (Å²) in [6.45, 7) is 4.54. The Morgan fingerprint density at radius 3 is 2.73 bits per heavy atom. The van der Waals surface area contributed by atoms with Crippen molar-refractivity contribution in [3.8, 4) is 0 Å². The lowest BCUT2D eigenvalue weighted by Gasteiger charge is -2.33. The highest BCUT2D eigenvalue weighted by Gasteiger charge is 2.34. The molecule has 2 N–H and O–H groups in total. The summed E-state index contributed by atoms with van der Waals surface area (Å²) < 4.78 is 0. The second-order valence-corrected chi connectivity index (χ2v) is 7.03. The summed E-state index contributed by atoms with van der Waals surface area (Å²) in [5, 5.41) is 8.56. The van der Waals surface area contributed by atoms with E-state index in [0.29, 0.717) is 6.54 Å². The number of carbonyl (C=O) groups is 1. The molecule has 0 spiro atoms. The minimum absolute atomic E-state index is 0. The number of nitrogens with one attached hydrogen (secondary N) is 2. The molecule has 0 aliphatic carbocycles. The molecule has 2 atom stereocenters. The van der Waals surface area contributed by atoms with Gasteiger partial charge in [0, 0.05) is 18.0 Å². The van der Waals surface area contributed by atoms with E-state index in [1.807, 2.05) is 0 Å².